The van der Waals surface area contributed by atoms with Crippen LogP contribution in [0.3, 0.4) is 0 Å². The lowest BCUT2D eigenvalue weighted by Crippen LogP contribution is -2.28. The fourth-order valence-corrected chi connectivity index (χ4v) is 4.16. The number of H-pyrrole nitrogens is 1. The van der Waals surface area contributed by atoms with Gasteiger partial charge in [0.25, 0.3) is 5.91 Å². The first-order chi connectivity index (χ1) is 15.5. The molecule has 6 nitrogen and oxygen atoms in total. The smallest absolute Gasteiger partial charge is 0.335 e. The van der Waals surface area contributed by atoms with Gasteiger partial charge in [0.1, 0.15) is 11.5 Å². The number of carboxylic acid groups (broad SMARTS) is 1. The van der Waals surface area contributed by atoms with E-state index in [9.17, 15) is 19.1 Å². The molecule has 1 aliphatic carbocycles. The Labute approximate surface area is 183 Å². The molecular formula is C25H18FN3O3. The van der Waals surface area contributed by atoms with Gasteiger partial charge in [-0.2, -0.15) is 5.10 Å². The average molecular weight is 427 g/mol. The summed E-state index contributed by atoms with van der Waals surface area (Å²) in [4.78, 5) is 26.5. The Morgan fingerprint density at radius 2 is 1.84 bits per heavy atom. The molecule has 0 saturated carbocycles. The van der Waals surface area contributed by atoms with E-state index in [0.717, 1.165) is 11.1 Å². The number of carbonyl (C=O) groups excluding carboxylic acids is 1. The molecule has 2 aromatic carbocycles. The summed E-state index contributed by atoms with van der Waals surface area (Å²) in [6, 6.07) is 15.0. The monoisotopic (exact) mass is 427 g/mol. The molecule has 2 N–H and O–H groups in total. The first-order valence-corrected chi connectivity index (χ1v) is 10.1. The number of aromatic amines is 1. The summed E-state index contributed by atoms with van der Waals surface area (Å²) in [5.41, 5.74) is 4.09. The number of allylic oxidation sites excluding steroid dienone is 3. The van der Waals surface area contributed by atoms with Gasteiger partial charge in [-0.05, 0) is 29.8 Å². The maximum atomic E-state index is 13.7. The number of hydrogen-bond donors (Lipinski definition) is 2. The molecule has 1 unspecified atom stereocenters. The van der Waals surface area contributed by atoms with Crippen LogP contribution in [0.5, 0.6) is 0 Å². The highest BCUT2D eigenvalue weighted by Gasteiger charge is 2.43. The Morgan fingerprint density at radius 3 is 2.56 bits per heavy atom. The number of hydrogen-bond acceptors (Lipinski definition) is 3. The van der Waals surface area contributed by atoms with Crippen LogP contribution >= 0.6 is 0 Å². The number of benzene rings is 2. The van der Waals surface area contributed by atoms with Gasteiger partial charge in [0, 0.05) is 23.2 Å². The van der Waals surface area contributed by atoms with Crippen molar-refractivity contribution in [1.82, 2.24) is 15.1 Å². The molecule has 1 aromatic heterocycles. The Morgan fingerprint density at radius 1 is 1.09 bits per heavy atom. The molecule has 1 amide bonds. The Hall–Kier alpha value is -4.26. The van der Waals surface area contributed by atoms with Crippen LogP contribution in [-0.2, 0) is 4.79 Å². The normalized spacial score (nSPS) is 17.6. The second-order valence-corrected chi connectivity index (χ2v) is 7.55. The molecule has 0 saturated heterocycles. The number of rotatable bonds is 4. The third-order valence-corrected chi connectivity index (χ3v) is 5.64. The summed E-state index contributed by atoms with van der Waals surface area (Å²) in [7, 11) is 0. The second-order valence-electron chi connectivity index (χ2n) is 7.55. The second kappa shape index (κ2) is 7.77. The maximum Gasteiger partial charge on any atom is 0.335 e. The zero-order valence-corrected chi connectivity index (χ0v) is 16.8. The summed E-state index contributed by atoms with van der Waals surface area (Å²) < 4.78 is 13.7. The quantitative estimate of drug-likeness (QED) is 0.636. The van der Waals surface area contributed by atoms with Gasteiger partial charge in [-0.3, -0.25) is 14.8 Å². The first kappa shape index (κ1) is 19.7. The van der Waals surface area contributed by atoms with E-state index >= 15 is 0 Å². The molecule has 32 heavy (non-hydrogen) atoms. The van der Waals surface area contributed by atoms with E-state index in [1.165, 1.54) is 24.3 Å². The van der Waals surface area contributed by atoms with Crippen LogP contribution in [0.15, 0.2) is 90.2 Å². The summed E-state index contributed by atoms with van der Waals surface area (Å²) in [6.45, 7) is 0. The van der Waals surface area contributed by atoms with Gasteiger partial charge in [-0.1, -0.05) is 54.6 Å². The largest absolute Gasteiger partial charge is 0.478 e. The van der Waals surface area contributed by atoms with Crippen molar-refractivity contribution in [2.75, 3.05) is 0 Å². The molecule has 158 valence electrons. The third kappa shape index (κ3) is 3.24. The number of fused-ring (bicyclic) bond motifs is 1. The Balaban J connectivity index is 1.68. The molecule has 2 aliphatic rings. The number of aliphatic carboxylic acids is 1. The topological polar surface area (TPSA) is 86.3 Å². The number of carboxylic acids is 1. The highest BCUT2D eigenvalue weighted by molar-refractivity contribution is 6.01. The van der Waals surface area contributed by atoms with Gasteiger partial charge in [0.2, 0.25) is 0 Å². The molecule has 1 atom stereocenters. The molecule has 0 radical (unpaired) electrons. The molecule has 7 heteroatoms. The summed E-state index contributed by atoms with van der Waals surface area (Å²) in [5, 5.41) is 16.6. The summed E-state index contributed by atoms with van der Waals surface area (Å²) in [6.07, 6.45) is 6.75. The minimum absolute atomic E-state index is 0.134. The highest BCUT2D eigenvalue weighted by Crippen LogP contribution is 2.45. The minimum Gasteiger partial charge on any atom is -0.478 e. The number of carbonyl (C=O) groups is 2. The number of nitrogens with one attached hydrogen (secondary N) is 1. The van der Waals surface area contributed by atoms with Crippen LogP contribution in [0, 0.1) is 5.82 Å². The van der Waals surface area contributed by atoms with E-state index in [4.69, 9.17) is 0 Å². The van der Waals surface area contributed by atoms with E-state index in [1.54, 1.807) is 29.2 Å². The van der Waals surface area contributed by atoms with Crippen molar-refractivity contribution in [3.63, 3.8) is 0 Å². The fraction of sp³-hybridized carbons (Fsp3) is 0.0800. The van der Waals surface area contributed by atoms with Crippen molar-refractivity contribution in [3.05, 3.63) is 113 Å². The number of nitrogens with zero attached hydrogens (tertiary/aromatic N) is 2. The number of amides is 1. The molecule has 0 fully saturated rings. The van der Waals surface area contributed by atoms with Crippen molar-refractivity contribution < 1.29 is 19.1 Å². The van der Waals surface area contributed by atoms with Gasteiger partial charge in [-0.25, -0.2) is 9.18 Å². The first-order valence-electron chi connectivity index (χ1n) is 10.1. The van der Waals surface area contributed by atoms with Crippen molar-refractivity contribution in [3.8, 4) is 11.3 Å². The lowest BCUT2D eigenvalue weighted by atomic mass is 9.95. The molecule has 5 rings (SSSR count). The van der Waals surface area contributed by atoms with Gasteiger partial charge >= 0.3 is 5.97 Å². The lowest BCUT2D eigenvalue weighted by molar-refractivity contribution is -0.132. The van der Waals surface area contributed by atoms with Crippen LogP contribution in [0.2, 0.25) is 0 Å². The maximum absolute atomic E-state index is 13.7. The van der Waals surface area contributed by atoms with Crippen LogP contribution in [0.1, 0.15) is 34.1 Å². The van der Waals surface area contributed by atoms with Crippen molar-refractivity contribution in [2.45, 2.75) is 12.5 Å². The van der Waals surface area contributed by atoms with E-state index in [0.29, 0.717) is 29.1 Å². The van der Waals surface area contributed by atoms with E-state index in [2.05, 4.69) is 10.2 Å². The Bertz CT molecular complexity index is 1300. The zero-order chi connectivity index (χ0) is 22.2. The highest BCUT2D eigenvalue weighted by atomic mass is 19.1. The predicted octanol–water partition coefficient (Wildman–Crippen LogP) is 4.62. The van der Waals surface area contributed by atoms with Gasteiger partial charge < -0.3 is 5.11 Å². The summed E-state index contributed by atoms with van der Waals surface area (Å²) in [5.74, 6) is -1.68. The standard InChI is InChI=1S/C25H18FN3O3/c26-18-12-9-16(10-13-18)23-20-21(15-5-2-1-3-6-15)27-28-22(20)24(30)29(23)19-8-4-7-17(11-14-19)25(31)32/h1-7,9-14,23H,8H2,(H,27,28)(H,31,32). The Kier molecular flexibility index (Phi) is 4.78. The van der Waals surface area contributed by atoms with E-state index in [-0.39, 0.29) is 17.3 Å². The number of aromatic nitrogens is 2. The van der Waals surface area contributed by atoms with Crippen LogP contribution in [0.25, 0.3) is 11.3 Å². The minimum atomic E-state index is -1.04. The van der Waals surface area contributed by atoms with Crippen LogP contribution in [0.4, 0.5) is 4.39 Å². The average Bonchev–Trinajstić information content (AvgIpc) is 3.24. The molecule has 2 heterocycles. The SMILES string of the molecule is O=C(O)C1=CC=C(N2C(=O)c3[nH]nc(-c4ccccc4)c3C2c2ccc(F)cc2)CC=C1. The number of halogens is 1. The molecular weight excluding hydrogens is 409 g/mol. The lowest BCUT2D eigenvalue weighted by Gasteiger charge is -2.28. The predicted molar refractivity (Wildman–Crippen MR) is 116 cm³/mol. The van der Waals surface area contributed by atoms with Crippen molar-refractivity contribution in [2.24, 2.45) is 0 Å². The molecule has 0 spiro atoms. The molecule has 3 aromatic rings. The van der Waals surface area contributed by atoms with Crippen LogP contribution < -0.4 is 0 Å². The van der Waals surface area contributed by atoms with Crippen molar-refractivity contribution >= 4 is 11.9 Å². The van der Waals surface area contributed by atoms with Crippen molar-refractivity contribution in [1.29, 1.82) is 0 Å². The third-order valence-electron chi connectivity index (χ3n) is 5.64. The van der Waals surface area contributed by atoms with Gasteiger partial charge in [-0.15, -0.1) is 0 Å². The van der Waals surface area contributed by atoms with E-state index in [1.807, 2.05) is 30.3 Å². The molecule has 1 aliphatic heterocycles. The van der Waals surface area contributed by atoms with E-state index < -0.39 is 12.0 Å². The van der Waals surface area contributed by atoms with Crippen LogP contribution in [-0.4, -0.2) is 32.1 Å². The zero-order valence-electron chi connectivity index (χ0n) is 16.8. The molecule has 0 bridgehead atoms. The fourth-order valence-electron chi connectivity index (χ4n) is 4.16. The van der Waals surface area contributed by atoms with Gasteiger partial charge in [0.15, 0.2) is 0 Å². The summed E-state index contributed by atoms with van der Waals surface area (Å²) >= 11 is 0. The van der Waals surface area contributed by atoms with Gasteiger partial charge in [0.05, 0.1) is 17.3 Å².